The van der Waals surface area contributed by atoms with Crippen molar-refractivity contribution in [1.82, 2.24) is 4.90 Å². The molecule has 0 atom stereocenters. The van der Waals surface area contributed by atoms with Gasteiger partial charge < -0.3 is 15.4 Å². The largest absolute Gasteiger partial charge is 0.493 e. The van der Waals surface area contributed by atoms with Crippen molar-refractivity contribution in [3.63, 3.8) is 0 Å². The van der Waals surface area contributed by atoms with E-state index in [9.17, 15) is 0 Å². The minimum Gasteiger partial charge on any atom is -0.493 e. The van der Waals surface area contributed by atoms with Crippen LogP contribution in [0.1, 0.15) is 50.5 Å². The fourth-order valence-electron chi connectivity index (χ4n) is 3.19. The van der Waals surface area contributed by atoms with Gasteiger partial charge >= 0.3 is 0 Å². The van der Waals surface area contributed by atoms with Gasteiger partial charge in [-0.15, -0.1) is 0 Å². The first-order chi connectivity index (χ1) is 10.3. The molecule has 0 amide bonds. The molecule has 0 aliphatic heterocycles. The third-order valence-corrected chi connectivity index (χ3v) is 4.55. The first-order valence-corrected chi connectivity index (χ1v) is 8.42. The number of rotatable bonds is 7. The molecule has 3 heteroatoms. The Labute approximate surface area is 129 Å². The molecule has 1 aliphatic carbocycles. The molecule has 1 aliphatic rings. The van der Waals surface area contributed by atoms with Gasteiger partial charge in [-0.3, -0.25) is 0 Å². The van der Waals surface area contributed by atoms with E-state index >= 15 is 0 Å². The van der Waals surface area contributed by atoms with Gasteiger partial charge in [-0.05, 0) is 32.4 Å². The Morgan fingerprint density at radius 1 is 1.14 bits per heavy atom. The summed E-state index contributed by atoms with van der Waals surface area (Å²) >= 11 is 0. The van der Waals surface area contributed by atoms with Crippen molar-refractivity contribution < 1.29 is 4.74 Å². The summed E-state index contributed by atoms with van der Waals surface area (Å²) < 4.78 is 5.88. The Hall–Kier alpha value is -1.06. The molecule has 1 aromatic carbocycles. The van der Waals surface area contributed by atoms with Crippen molar-refractivity contribution in [2.24, 2.45) is 5.73 Å². The molecule has 1 saturated carbocycles. The van der Waals surface area contributed by atoms with Crippen LogP contribution in [0.15, 0.2) is 24.3 Å². The monoisotopic (exact) mass is 290 g/mol. The molecule has 3 nitrogen and oxygen atoms in total. The van der Waals surface area contributed by atoms with Crippen LogP contribution < -0.4 is 10.5 Å². The summed E-state index contributed by atoms with van der Waals surface area (Å²) in [5.74, 6) is 0.942. The third-order valence-electron chi connectivity index (χ3n) is 4.55. The smallest absolute Gasteiger partial charge is 0.123 e. The molecule has 0 heterocycles. The normalized spacial score (nSPS) is 16.9. The summed E-state index contributed by atoms with van der Waals surface area (Å²) in [6.07, 6.45) is 9.45. The van der Waals surface area contributed by atoms with Crippen LogP contribution in [0.25, 0.3) is 0 Å². The van der Waals surface area contributed by atoms with E-state index in [0.717, 1.165) is 36.9 Å². The van der Waals surface area contributed by atoms with Crippen LogP contribution in [-0.2, 0) is 6.54 Å². The summed E-state index contributed by atoms with van der Waals surface area (Å²) in [5.41, 5.74) is 6.82. The second-order valence-corrected chi connectivity index (χ2v) is 6.14. The molecule has 21 heavy (non-hydrogen) atoms. The van der Waals surface area contributed by atoms with Crippen LogP contribution in [-0.4, -0.2) is 31.1 Å². The number of nitrogens with zero attached hydrogens (tertiary/aromatic N) is 1. The zero-order valence-electron chi connectivity index (χ0n) is 13.4. The van der Waals surface area contributed by atoms with Crippen molar-refractivity contribution in [2.75, 3.05) is 20.2 Å². The summed E-state index contributed by atoms with van der Waals surface area (Å²) in [5, 5.41) is 0. The number of ether oxygens (including phenoxy) is 1. The maximum absolute atomic E-state index is 5.88. The molecule has 0 saturated heterocycles. The quantitative estimate of drug-likeness (QED) is 0.616. The number of nitrogens with two attached hydrogens (primary N) is 1. The molecule has 2 rings (SSSR count). The number of hydrogen-bond donors (Lipinski definition) is 1. The van der Waals surface area contributed by atoms with Gasteiger partial charge in [0.15, 0.2) is 0 Å². The molecular weight excluding hydrogens is 260 g/mol. The van der Waals surface area contributed by atoms with Gasteiger partial charge in [-0.2, -0.15) is 0 Å². The Morgan fingerprint density at radius 2 is 1.86 bits per heavy atom. The molecule has 0 spiro atoms. The van der Waals surface area contributed by atoms with Gasteiger partial charge in [-0.25, -0.2) is 0 Å². The van der Waals surface area contributed by atoms with Crippen LogP contribution in [0.4, 0.5) is 0 Å². The average Bonchev–Trinajstić information content (AvgIpc) is 2.81. The molecule has 0 bridgehead atoms. The highest BCUT2D eigenvalue weighted by Crippen LogP contribution is 2.21. The number of para-hydroxylation sites is 1. The Kier molecular flexibility index (Phi) is 7.04. The van der Waals surface area contributed by atoms with Crippen LogP contribution >= 0.6 is 0 Å². The zero-order chi connectivity index (χ0) is 14.9. The second kappa shape index (κ2) is 9.06. The highest BCUT2D eigenvalue weighted by molar-refractivity contribution is 5.32. The van der Waals surface area contributed by atoms with E-state index in [4.69, 9.17) is 10.5 Å². The highest BCUT2D eigenvalue weighted by atomic mass is 16.5. The zero-order valence-corrected chi connectivity index (χ0v) is 13.4. The molecule has 0 aromatic heterocycles. The van der Waals surface area contributed by atoms with Gasteiger partial charge in [-0.1, -0.05) is 43.9 Å². The molecule has 1 fully saturated rings. The summed E-state index contributed by atoms with van der Waals surface area (Å²) in [6, 6.07) is 8.84. The fourth-order valence-corrected chi connectivity index (χ4v) is 3.19. The first-order valence-electron chi connectivity index (χ1n) is 8.42. The Balaban J connectivity index is 1.69. The summed E-state index contributed by atoms with van der Waals surface area (Å²) in [6.45, 7) is 2.43. The maximum Gasteiger partial charge on any atom is 0.123 e. The van der Waals surface area contributed by atoms with Gasteiger partial charge in [0.05, 0.1) is 6.61 Å². The number of hydrogen-bond acceptors (Lipinski definition) is 3. The lowest BCUT2D eigenvalue weighted by Crippen LogP contribution is -2.32. The molecule has 0 unspecified atom stereocenters. The van der Waals surface area contributed by atoms with Crippen LogP contribution in [0, 0.1) is 0 Å². The van der Waals surface area contributed by atoms with E-state index in [1.54, 1.807) is 0 Å². The SMILES string of the molecule is CN(CCCOc1ccccc1CN)C1CCCCCC1. The lowest BCUT2D eigenvalue weighted by molar-refractivity contribution is 0.199. The predicted molar refractivity (Wildman–Crippen MR) is 88.6 cm³/mol. The summed E-state index contributed by atoms with van der Waals surface area (Å²) in [7, 11) is 2.27. The molecular formula is C18H30N2O. The molecule has 0 radical (unpaired) electrons. The van der Waals surface area contributed by atoms with Crippen molar-refractivity contribution >= 4 is 0 Å². The Morgan fingerprint density at radius 3 is 2.57 bits per heavy atom. The predicted octanol–water partition coefficient (Wildman–Crippen LogP) is 3.57. The minimum absolute atomic E-state index is 0.540. The summed E-state index contributed by atoms with van der Waals surface area (Å²) in [4.78, 5) is 2.53. The van der Waals surface area contributed by atoms with Crippen LogP contribution in [0.2, 0.25) is 0 Å². The third kappa shape index (κ3) is 5.33. The van der Waals surface area contributed by atoms with Crippen LogP contribution in [0.5, 0.6) is 5.75 Å². The van der Waals surface area contributed by atoms with E-state index in [0.29, 0.717) is 6.54 Å². The molecule has 2 N–H and O–H groups in total. The van der Waals surface area contributed by atoms with Gasteiger partial charge in [0.2, 0.25) is 0 Å². The lowest BCUT2D eigenvalue weighted by Gasteiger charge is -2.27. The first kappa shape index (κ1) is 16.3. The van der Waals surface area contributed by atoms with Gasteiger partial charge in [0, 0.05) is 24.7 Å². The maximum atomic E-state index is 5.88. The standard InChI is InChI=1S/C18H30N2O/c1-20(17-10-4-2-3-5-11-17)13-8-14-21-18-12-7-6-9-16(18)15-19/h6-7,9,12,17H,2-5,8,10-11,13-15,19H2,1H3. The highest BCUT2D eigenvalue weighted by Gasteiger charge is 2.16. The Bertz CT molecular complexity index is 400. The van der Waals surface area contributed by atoms with E-state index in [1.165, 1.54) is 38.5 Å². The lowest BCUT2D eigenvalue weighted by atomic mass is 10.1. The van der Waals surface area contributed by atoms with E-state index in [2.05, 4.69) is 11.9 Å². The van der Waals surface area contributed by atoms with Crippen molar-refractivity contribution in [2.45, 2.75) is 57.5 Å². The van der Waals surface area contributed by atoms with Gasteiger partial charge in [0.1, 0.15) is 5.75 Å². The van der Waals surface area contributed by atoms with E-state index in [-0.39, 0.29) is 0 Å². The van der Waals surface area contributed by atoms with Crippen molar-refractivity contribution in [3.05, 3.63) is 29.8 Å². The van der Waals surface area contributed by atoms with Gasteiger partial charge in [0.25, 0.3) is 0 Å². The fraction of sp³-hybridized carbons (Fsp3) is 0.667. The topological polar surface area (TPSA) is 38.5 Å². The number of benzene rings is 1. The van der Waals surface area contributed by atoms with E-state index in [1.807, 2.05) is 24.3 Å². The second-order valence-electron chi connectivity index (χ2n) is 6.14. The van der Waals surface area contributed by atoms with Crippen molar-refractivity contribution in [3.8, 4) is 5.75 Å². The van der Waals surface area contributed by atoms with Crippen molar-refractivity contribution in [1.29, 1.82) is 0 Å². The molecule has 1 aromatic rings. The average molecular weight is 290 g/mol. The van der Waals surface area contributed by atoms with E-state index < -0.39 is 0 Å². The molecule has 118 valence electrons. The van der Waals surface area contributed by atoms with Crippen LogP contribution in [0.3, 0.4) is 0 Å². The minimum atomic E-state index is 0.540.